The van der Waals surface area contributed by atoms with Gasteiger partial charge in [0.1, 0.15) is 5.75 Å². The molecule has 0 saturated carbocycles. The highest BCUT2D eigenvalue weighted by Crippen LogP contribution is 2.24. The Hall–Kier alpha value is -2.00. The summed E-state index contributed by atoms with van der Waals surface area (Å²) in [5, 5.41) is 3.49. The first-order chi connectivity index (χ1) is 10.1. The van der Waals surface area contributed by atoms with Gasteiger partial charge < -0.3 is 10.1 Å². The summed E-state index contributed by atoms with van der Waals surface area (Å²) < 4.78 is 5.11. The fraction of sp³-hybridized carbons (Fsp3) is 0.235. The minimum Gasteiger partial charge on any atom is -0.495 e. The van der Waals surface area contributed by atoms with E-state index in [1.54, 1.807) is 7.11 Å². The van der Waals surface area contributed by atoms with Gasteiger partial charge in [0.05, 0.1) is 12.1 Å². The molecule has 0 spiro atoms. The predicted molar refractivity (Wildman–Crippen MR) is 85.2 cm³/mol. The van der Waals surface area contributed by atoms with Gasteiger partial charge >= 0.3 is 0 Å². The number of methoxy groups -OCH3 is 1. The van der Waals surface area contributed by atoms with Crippen molar-refractivity contribution in [3.8, 4) is 5.75 Å². The minimum absolute atomic E-state index is 0.0571. The fourth-order valence-corrected chi connectivity index (χ4v) is 2.35. The second-order valence-corrected chi connectivity index (χ2v) is 5.25. The van der Waals surface area contributed by atoms with E-state index in [1.165, 1.54) is 0 Å². The molecule has 0 heterocycles. The van der Waals surface area contributed by atoms with E-state index in [0.717, 1.165) is 17.5 Å². The zero-order valence-corrected chi connectivity index (χ0v) is 12.9. The molecule has 2 aromatic carbocycles. The summed E-state index contributed by atoms with van der Waals surface area (Å²) >= 11 is 6.07. The molecule has 0 radical (unpaired) electrons. The molecule has 0 saturated heterocycles. The van der Waals surface area contributed by atoms with Gasteiger partial charge in [0, 0.05) is 12.1 Å². The number of carbonyl (C=O) groups is 1. The molecule has 21 heavy (non-hydrogen) atoms. The summed E-state index contributed by atoms with van der Waals surface area (Å²) in [4.78, 5) is 12.0. The van der Waals surface area contributed by atoms with E-state index in [1.807, 2.05) is 49.4 Å². The largest absolute Gasteiger partial charge is 0.495 e. The maximum Gasteiger partial charge on any atom is 0.251 e. The highest BCUT2D eigenvalue weighted by Gasteiger charge is 2.06. The Balaban J connectivity index is 1.89. The van der Waals surface area contributed by atoms with Crippen LogP contribution in [0.3, 0.4) is 0 Å². The average molecular weight is 304 g/mol. The van der Waals surface area contributed by atoms with E-state index in [0.29, 0.717) is 22.9 Å². The van der Waals surface area contributed by atoms with Gasteiger partial charge in [0.15, 0.2) is 0 Å². The number of rotatable bonds is 5. The van der Waals surface area contributed by atoms with Crippen molar-refractivity contribution in [2.24, 2.45) is 0 Å². The third-order valence-corrected chi connectivity index (χ3v) is 3.49. The Morgan fingerprint density at radius 2 is 2.05 bits per heavy atom. The molecule has 0 aliphatic heterocycles. The number of aryl methyl sites for hydroxylation is 1. The number of benzene rings is 2. The average Bonchev–Trinajstić information content (AvgIpc) is 2.47. The molecule has 0 bridgehead atoms. The van der Waals surface area contributed by atoms with Gasteiger partial charge in [0.2, 0.25) is 0 Å². The van der Waals surface area contributed by atoms with E-state index in [9.17, 15) is 4.79 Å². The zero-order valence-electron chi connectivity index (χ0n) is 12.2. The molecule has 0 atom stereocenters. The first-order valence-electron chi connectivity index (χ1n) is 6.77. The SMILES string of the molecule is COc1ccc(CCNC(=O)c2cccc(C)c2)cc1Cl. The molecule has 1 amide bonds. The van der Waals surface area contributed by atoms with Crippen LogP contribution in [0.5, 0.6) is 5.75 Å². The number of amides is 1. The molecule has 4 heteroatoms. The molecule has 2 aromatic rings. The summed E-state index contributed by atoms with van der Waals surface area (Å²) in [5.74, 6) is 0.600. The van der Waals surface area contributed by atoms with Crippen LogP contribution < -0.4 is 10.1 Å². The van der Waals surface area contributed by atoms with Crippen molar-refractivity contribution in [2.45, 2.75) is 13.3 Å². The highest BCUT2D eigenvalue weighted by molar-refractivity contribution is 6.32. The van der Waals surface area contributed by atoms with Gasteiger partial charge in [-0.15, -0.1) is 0 Å². The summed E-state index contributed by atoms with van der Waals surface area (Å²) in [6, 6.07) is 13.2. The normalized spacial score (nSPS) is 10.2. The van der Waals surface area contributed by atoms with Crippen LogP contribution in [0.15, 0.2) is 42.5 Å². The van der Waals surface area contributed by atoms with Crippen molar-refractivity contribution in [1.29, 1.82) is 0 Å². The molecule has 3 nitrogen and oxygen atoms in total. The molecule has 0 unspecified atom stereocenters. The van der Waals surface area contributed by atoms with E-state index >= 15 is 0 Å². The Kier molecular flexibility index (Phi) is 5.23. The van der Waals surface area contributed by atoms with Crippen molar-refractivity contribution in [3.63, 3.8) is 0 Å². The Bertz CT molecular complexity index is 640. The number of carbonyl (C=O) groups excluding carboxylic acids is 1. The van der Waals surface area contributed by atoms with Crippen molar-refractivity contribution in [3.05, 3.63) is 64.2 Å². The first-order valence-corrected chi connectivity index (χ1v) is 7.15. The third kappa shape index (κ3) is 4.23. The van der Waals surface area contributed by atoms with Crippen molar-refractivity contribution in [2.75, 3.05) is 13.7 Å². The topological polar surface area (TPSA) is 38.3 Å². The van der Waals surface area contributed by atoms with Crippen LogP contribution in [0.25, 0.3) is 0 Å². The lowest BCUT2D eigenvalue weighted by Crippen LogP contribution is -2.25. The van der Waals surface area contributed by atoms with Crippen LogP contribution in [-0.2, 0) is 6.42 Å². The van der Waals surface area contributed by atoms with Gasteiger partial charge in [0.25, 0.3) is 5.91 Å². The summed E-state index contributed by atoms with van der Waals surface area (Å²) in [7, 11) is 1.59. The molecule has 2 rings (SSSR count). The second kappa shape index (κ2) is 7.14. The molecule has 110 valence electrons. The van der Waals surface area contributed by atoms with E-state index in [4.69, 9.17) is 16.3 Å². The smallest absolute Gasteiger partial charge is 0.251 e. The number of hydrogen-bond acceptors (Lipinski definition) is 2. The maximum absolute atomic E-state index is 12.0. The molecule has 0 aromatic heterocycles. The highest BCUT2D eigenvalue weighted by atomic mass is 35.5. The summed E-state index contributed by atoms with van der Waals surface area (Å²) in [6.07, 6.45) is 0.723. The van der Waals surface area contributed by atoms with Crippen LogP contribution in [-0.4, -0.2) is 19.6 Å². The number of nitrogens with one attached hydrogen (secondary N) is 1. The Morgan fingerprint density at radius 3 is 2.71 bits per heavy atom. The Labute approximate surface area is 129 Å². The maximum atomic E-state index is 12.0. The van der Waals surface area contributed by atoms with E-state index < -0.39 is 0 Å². The first kappa shape index (κ1) is 15.4. The van der Waals surface area contributed by atoms with Crippen LogP contribution in [0.4, 0.5) is 0 Å². The molecule has 0 aliphatic carbocycles. The minimum atomic E-state index is -0.0571. The van der Waals surface area contributed by atoms with Crippen LogP contribution in [0.2, 0.25) is 5.02 Å². The quantitative estimate of drug-likeness (QED) is 0.916. The van der Waals surface area contributed by atoms with Crippen molar-refractivity contribution in [1.82, 2.24) is 5.32 Å². The monoisotopic (exact) mass is 303 g/mol. The molecule has 1 N–H and O–H groups in total. The van der Waals surface area contributed by atoms with Crippen molar-refractivity contribution >= 4 is 17.5 Å². The van der Waals surface area contributed by atoms with Crippen LogP contribution >= 0.6 is 11.6 Å². The second-order valence-electron chi connectivity index (χ2n) is 4.84. The molecule has 0 fully saturated rings. The van der Waals surface area contributed by atoms with Gasteiger partial charge in [-0.05, 0) is 43.2 Å². The summed E-state index contributed by atoms with van der Waals surface area (Å²) in [5.41, 5.74) is 2.82. The Morgan fingerprint density at radius 1 is 1.24 bits per heavy atom. The van der Waals surface area contributed by atoms with Gasteiger partial charge in [-0.3, -0.25) is 4.79 Å². The van der Waals surface area contributed by atoms with Crippen LogP contribution in [0, 0.1) is 6.92 Å². The van der Waals surface area contributed by atoms with Crippen LogP contribution in [0.1, 0.15) is 21.5 Å². The summed E-state index contributed by atoms with van der Waals surface area (Å²) in [6.45, 7) is 2.53. The fourth-order valence-electron chi connectivity index (χ4n) is 2.07. The number of ether oxygens (including phenoxy) is 1. The molecular formula is C17H18ClNO2. The zero-order chi connectivity index (χ0) is 15.2. The van der Waals surface area contributed by atoms with Gasteiger partial charge in [-0.25, -0.2) is 0 Å². The molecular weight excluding hydrogens is 286 g/mol. The number of hydrogen-bond donors (Lipinski definition) is 1. The van der Waals surface area contributed by atoms with Gasteiger partial charge in [-0.1, -0.05) is 35.4 Å². The van der Waals surface area contributed by atoms with E-state index in [2.05, 4.69) is 5.32 Å². The lowest BCUT2D eigenvalue weighted by molar-refractivity contribution is 0.0954. The number of halogens is 1. The van der Waals surface area contributed by atoms with Crippen molar-refractivity contribution < 1.29 is 9.53 Å². The third-order valence-electron chi connectivity index (χ3n) is 3.20. The molecule has 0 aliphatic rings. The van der Waals surface area contributed by atoms with E-state index in [-0.39, 0.29) is 5.91 Å². The predicted octanol–water partition coefficient (Wildman–Crippen LogP) is 3.63. The van der Waals surface area contributed by atoms with Gasteiger partial charge in [-0.2, -0.15) is 0 Å². The lowest BCUT2D eigenvalue weighted by Gasteiger charge is -2.08. The standard InChI is InChI=1S/C17H18ClNO2/c1-12-4-3-5-14(10-12)17(20)19-9-8-13-6-7-16(21-2)15(18)11-13/h3-7,10-11H,8-9H2,1-2H3,(H,19,20). The lowest BCUT2D eigenvalue weighted by atomic mass is 10.1.